The van der Waals surface area contributed by atoms with Gasteiger partial charge in [-0.25, -0.2) is 0 Å². The van der Waals surface area contributed by atoms with Crippen LogP contribution in [0.3, 0.4) is 0 Å². The van der Waals surface area contributed by atoms with Gasteiger partial charge in [-0.05, 0) is 19.3 Å². The molecule has 0 aliphatic carbocycles. The van der Waals surface area contributed by atoms with E-state index in [0.29, 0.717) is 18.7 Å². The SMILES string of the molecule is CO[Si](CCCCO[Si](CCC[Si](OC)(OC)OC)(OC)OC)(OC)OC. The fourth-order valence-electron chi connectivity index (χ4n) is 2.78. The van der Waals surface area contributed by atoms with E-state index >= 15 is 0 Å². The van der Waals surface area contributed by atoms with Gasteiger partial charge in [0, 0.05) is 81.6 Å². The van der Waals surface area contributed by atoms with Crippen LogP contribution in [-0.2, 0) is 39.8 Å². The Morgan fingerprint density at radius 2 is 0.741 bits per heavy atom. The molecule has 0 aliphatic rings. The van der Waals surface area contributed by atoms with Crippen LogP contribution in [0.4, 0.5) is 0 Å². The average molecular weight is 447 g/mol. The third-order valence-corrected chi connectivity index (χ3v) is 13.2. The van der Waals surface area contributed by atoms with Gasteiger partial charge in [-0.2, -0.15) is 0 Å². The van der Waals surface area contributed by atoms with E-state index in [2.05, 4.69) is 0 Å². The highest BCUT2D eigenvalue weighted by atomic mass is 28.4. The van der Waals surface area contributed by atoms with E-state index in [-0.39, 0.29) is 0 Å². The van der Waals surface area contributed by atoms with Gasteiger partial charge in [0.15, 0.2) is 0 Å². The van der Waals surface area contributed by atoms with Crippen LogP contribution in [-0.4, -0.2) is 89.9 Å². The summed E-state index contributed by atoms with van der Waals surface area (Å²) in [6.07, 6.45) is 2.47. The van der Waals surface area contributed by atoms with Gasteiger partial charge in [-0.1, -0.05) is 0 Å². The van der Waals surface area contributed by atoms with E-state index in [1.54, 1.807) is 56.9 Å². The summed E-state index contributed by atoms with van der Waals surface area (Å²) in [5.74, 6) is 0. The zero-order chi connectivity index (χ0) is 20.8. The molecule has 0 spiro atoms. The lowest BCUT2D eigenvalue weighted by Gasteiger charge is -2.29. The second-order valence-electron chi connectivity index (χ2n) is 5.84. The molecule has 0 aliphatic heterocycles. The lowest BCUT2D eigenvalue weighted by atomic mass is 10.4. The normalized spacial score (nSPS) is 13.3. The fraction of sp³-hybridized carbons (Fsp3) is 1.00. The number of hydrogen-bond donors (Lipinski definition) is 0. The molecule has 12 heteroatoms. The molecule has 0 heterocycles. The summed E-state index contributed by atoms with van der Waals surface area (Å²) in [6, 6.07) is 2.07. The molecule has 0 saturated heterocycles. The predicted octanol–water partition coefficient (Wildman–Crippen LogP) is 2.16. The number of rotatable bonds is 18. The van der Waals surface area contributed by atoms with Crippen molar-refractivity contribution >= 4 is 26.4 Å². The van der Waals surface area contributed by atoms with Gasteiger partial charge in [0.25, 0.3) is 0 Å². The van der Waals surface area contributed by atoms with E-state index in [4.69, 9.17) is 39.8 Å². The Labute approximate surface area is 167 Å². The highest BCUT2D eigenvalue weighted by Gasteiger charge is 2.43. The van der Waals surface area contributed by atoms with E-state index < -0.39 is 26.4 Å². The zero-order valence-corrected chi connectivity index (χ0v) is 21.1. The smallest absolute Gasteiger partial charge is 0.377 e. The average Bonchev–Trinajstić information content (AvgIpc) is 2.73. The van der Waals surface area contributed by atoms with Crippen LogP contribution in [0.15, 0.2) is 0 Å². The highest BCUT2D eigenvalue weighted by molar-refractivity contribution is 6.62. The van der Waals surface area contributed by atoms with Gasteiger partial charge < -0.3 is 39.8 Å². The van der Waals surface area contributed by atoms with Crippen molar-refractivity contribution in [2.75, 3.05) is 63.5 Å². The van der Waals surface area contributed by atoms with Crippen LogP contribution in [0.1, 0.15) is 19.3 Å². The fourth-order valence-corrected chi connectivity index (χ4v) is 8.67. The first-order chi connectivity index (χ1) is 12.9. The highest BCUT2D eigenvalue weighted by Crippen LogP contribution is 2.24. The molecule has 0 N–H and O–H groups in total. The summed E-state index contributed by atoms with van der Waals surface area (Å²) >= 11 is 0. The van der Waals surface area contributed by atoms with Crippen molar-refractivity contribution in [3.63, 3.8) is 0 Å². The summed E-state index contributed by atoms with van der Waals surface area (Å²) in [5.41, 5.74) is 0. The van der Waals surface area contributed by atoms with Gasteiger partial charge >= 0.3 is 26.4 Å². The molecule has 0 aromatic heterocycles. The lowest BCUT2D eigenvalue weighted by molar-refractivity contribution is 0.0935. The minimum absolute atomic E-state index is 0.539. The van der Waals surface area contributed by atoms with Crippen molar-refractivity contribution in [3.05, 3.63) is 0 Å². The first-order valence-corrected chi connectivity index (χ1v) is 14.7. The molecule has 0 unspecified atom stereocenters. The Morgan fingerprint density at radius 3 is 1.11 bits per heavy atom. The molecule has 9 nitrogen and oxygen atoms in total. The van der Waals surface area contributed by atoms with Crippen molar-refractivity contribution in [1.82, 2.24) is 0 Å². The Kier molecular flexibility index (Phi) is 14.5. The number of hydrogen-bond acceptors (Lipinski definition) is 9. The third-order valence-electron chi connectivity index (χ3n) is 4.65. The molecule has 0 aromatic rings. The van der Waals surface area contributed by atoms with Gasteiger partial charge in [0.05, 0.1) is 0 Å². The lowest BCUT2D eigenvalue weighted by Crippen LogP contribution is -2.46. The van der Waals surface area contributed by atoms with Crippen LogP contribution < -0.4 is 0 Å². The zero-order valence-electron chi connectivity index (χ0n) is 18.1. The van der Waals surface area contributed by atoms with E-state index in [9.17, 15) is 0 Å². The van der Waals surface area contributed by atoms with Crippen LogP contribution in [0.2, 0.25) is 18.1 Å². The molecule has 0 bridgehead atoms. The molecule has 0 saturated carbocycles. The van der Waals surface area contributed by atoms with Crippen molar-refractivity contribution in [2.45, 2.75) is 37.4 Å². The molecular weight excluding hydrogens is 408 g/mol. The van der Waals surface area contributed by atoms with Gasteiger partial charge in [0.2, 0.25) is 0 Å². The first kappa shape index (κ1) is 27.3. The third kappa shape index (κ3) is 8.67. The van der Waals surface area contributed by atoms with E-state index in [0.717, 1.165) is 25.3 Å². The van der Waals surface area contributed by atoms with E-state index in [1.165, 1.54) is 0 Å². The van der Waals surface area contributed by atoms with Crippen LogP contribution >= 0.6 is 0 Å². The van der Waals surface area contributed by atoms with Crippen molar-refractivity contribution < 1.29 is 39.8 Å². The van der Waals surface area contributed by atoms with Crippen molar-refractivity contribution in [2.24, 2.45) is 0 Å². The summed E-state index contributed by atoms with van der Waals surface area (Å²) in [4.78, 5) is 0. The summed E-state index contributed by atoms with van der Waals surface area (Å²) < 4.78 is 49.9. The minimum atomic E-state index is -2.73. The summed E-state index contributed by atoms with van der Waals surface area (Å²) in [5, 5.41) is 0. The Bertz CT molecular complexity index is 348. The second-order valence-corrected chi connectivity index (χ2v) is 15.0. The molecule has 164 valence electrons. The molecule has 0 fully saturated rings. The van der Waals surface area contributed by atoms with Crippen LogP contribution in [0.25, 0.3) is 0 Å². The van der Waals surface area contributed by atoms with Crippen LogP contribution in [0.5, 0.6) is 0 Å². The summed E-state index contributed by atoms with van der Waals surface area (Å²) in [6.45, 7) is 0.539. The first-order valence-electron chi connectivity index (χ1n) is 8.95. The van der Waals surface area contributed by atoms with Crippen molar-refractivity contribution in [3.8, 4) is 0 Å². The maximum atomic E-state index is 6.04. The van der Waals surface area contributed by atoms with Crippen molar-refractivity contribution in [1.29, 1.82) is 0 Å². The molecule has 0 amide bonds. The molecule has 0 atom stereocenters. The molecule has 0 radical (unpaired) electrons. The Morgan fingerprint density at radius 1 is 0.407 bits per heavy atom. The topological polar surface area (TPSA) is 83.1 Å². The van der Waals surface area contributed by atoms with Crippen LogP contribution in [0, 0.1) is 0 Å². The monoisotopic (exact) mass is 446 g/mol. The molecular formula is C15H38O9Si3. The van der Waals surface area contributed by atoms with Gasteiger partial charge in [-0.15, -0.1) is 0 Å². The standard InChI is InChI=1S/C15H38O9Si3/c1-16-25(17-2,18-3)13-10-9-12-24-27(22-7,23-8)15-11-14-26(19-4,20-5)21-6/h9-15H2,1-8H3. The molecule has 27 heavy (non-hydrogen) atoms. The van der Waals surface area contributed by atoms with Gasteiger partial charge in [-0.3, -0.25) is 0 Å². The van der Waals surface area contributed by atoms with E-state index in [1.807, 2.05) is 0 Å². The Hall–Kier alpha value is 0.291. The second kappa shape index (κ2) is 14.3. The number of unbranched alkanes of at least 4 members (excludes halogenated alkanes) is 1. The quantitative estimate of drug-likeness (QED) is 0.232. The maximum absolute atomic E-state index is 6.04. The Balaban J connectivity index is 4.46. The largest absolute Gasteiger partial charge is 0.500 e. The minimum Gasteiger partial charge on any atom is -0.377 e. The molecule has 0 aromatic carbocycles. The maximum Gasteiger partial charge on any atom is 0.500 e. The predicted molar refractivity (Wildman–Crippen MR) is 108 cm³/mol. The molecule has 0 rings (SSSR count). The van der Waals surface area contributed by atoms with Gasteiger partial charge in [0.1, 0.15) is 0 Å². The summed E-state index contributed by atoms with van der Waals surface area (Å²) in [7, 11) is 5.07.